The molecular weight excluding hydrogens is 188 g/mol. The number of amides is 1. The maximum atomic E-state index is 11.1. The first-order valence-corrected chi connectivity index (χ1v) is 5.51. The zero-order chi connectivity index (χ0) is 9.26. The Hall–Kier alpha value is -0.550. The fourth-order valence-electron chi connectivity index (χ4n) is 1.34. The normalized spacial score (nSPS) is 34.2. The first kappa shape index (κ1) is 9.02. The molecule has 1 amide bonds. The van der Waals surface area contributed by atoms with Gasteiger partial charge in [-0.05, 0) is 6.92 Å². The highest BCUT2D eigenvalue weighted by Gasteiger charge is 2.29. The monoisotopic (exact) mass is 200 g/mol. The summed E-state index contributed by atoms with van der Waals surface area (Å²) in [5, 5.41) is 2.75. The van der Waals surface area contributed by atoms with Crippen LogP contribution in [-0.4, -0.2) is 42.0 Å². The first-order valence-electron chi connectivity index (χ1n) is 4.35. The second-order valence-electron chi connectivity index (χ2n) is 3.11. The van der Waals surface area contributed by atoms with Gasteiger partial charge in [0.15, 0.2) is 0 Å². The number of rotatable bonds is 1. The molecule has 2 unspecified atom stereocenters. The molecular formula is C8H12N2O2S. The maximum Gasteiger partial charge on any atom is 0.249 e. The summed E-state index contributed by atoms with van der Waals surface area (Å²) in [5.74, 6) is 2.62. The van der Waals surface area contributed by atoms with Crippen molar-refractivity contribution >= 4 is 23.5 Å². The van der Waals surface area contributed by atoms with Crippen LogP contribution < -0.4 is 5.32 Å². The molecule has 0 aliphatic carbocycles. The van der Waals surface area contributed by atoms with Gasteiger partial charge in [-0.3, -0.25) is 9.79 Å². The molecule has 0 aromatic carbocycles. The predicted octanol–water partition coefficient (Wildman–Crippen LogP) is 0.0352. The summed E-state index contributed by atoms with van der Waals surface area (Å²) < 4.78 is 5.49. The molecule has 1 saturated heterocycles. The van der Waals surface area contributed by atoms with Crippen LogP contribution in [0.3, 0.4) is 0 Å². The third-order valence-corrected chi connectivity index (χ3v) is 3.08. The Labute approximate surface area is 81.1 Å². The van der Waals surface area contributed by atoms with Crippen LogP contribution >= 0.6 is 11.8 Å². The number of nitrogens with one attached hydrogen (secondary N) is 1. The molecule has 0 aromatic rings. The number of hydrogen-bond donors (Lipinski definition) is 1. The van der Waals surface area contributed by atoms with Crippen LogP contribution in [-0.2, 0) is 9.53 Å². The van der Waals surface area contributed by atoms with Gasteiger partial charge in [0.1, 0.15) is 18.0 Å². The van der Waals surface area contributed by atoms with Gasteiger partial charge >= 0.3 is 0 Å². The van der Waals surface area contributed by atoms with Crippen molar-refractivity contribution in [3.05, 3.63) is 0 Å². The van der Waals surface area contributed by atoms with Gasteiger partial charge in [0.2, 0.25) is 5.91 Å². The average Bonchev–Trinajstić information content (AvgIpc) is 2.49. The van der Waals surface area contributed by atoms with Crippen LogP contribution in [0.1, 0.15) is 6.92 Å². The molecule has 0 radical (unpaired) electrons. The standard InChI is InChI=1S/C8H12N2O2S/c1-5-8(11)10-7(9-5)6-4-13-3-2-12-6/h5-6H,2-4H2,1H3,(H,9,10,11). The van der Waals surface area contributed by atoms with Crippen LogP contribution in [0.2, 0.25) is 0 Å². The van der Waals surface area contributed by atoms with Crippen molar-refractivity contribution in [2.24, 2.45) is 4.99 Å². The third-order valence-electron chi connectivity index (χ3n) is 2.08. The Balaban J connectivity index is 2.00. The third kappa shape index (κ3) is 1.86. The second kappa shape index (κ2) is 3.67. The van der Waals surface area contributed by atoms with E-state index in [1.165, 1.54) is 0 Å². The summed E-state index contributed by atoms with van der Waals surface area (Å²) in [7, 11) is 0. The van der Waals surface area contributed by atoms with E-state index in [-0.39, 0.29) is 18.1 Å². The van der Waals surface area contributed by atoms with E-state index in [1.807, 2.05) is 11.8 Å². The maximum absolute atomic E-state index is 11.1. The van der Waals surface area contributed by atoms with E-state index in [0.717, 1.165) is 18.1 Å². The van der Waals surface area contributed by atoms with Crippen LogP contribution in [0.15, 0.2) is 4.99 Å². The molecule has 2 aliphatic rings. The molecule has 1 fully saturated rings. The van der Waals surface area contributed by atoms with Gasteiger partial charge in [-0.2, -0.15) is 11.8 Å². The highest BCUT2D eigenvalue weighted by molar-refractivity contribution is 7.99. The van der Waals surface area contributed by atoms with E-state index < -0.39 is 0 Å². The Kier molecular flexibility index (Phi) is 2.55. The van der Waals surface area contributed by atoms with Crippen LogP contribution in [0.5, 0.6) is 0 Å². The topological polar surface area (TPSA) is 50.7 Å². The van der Waals surface area contributed by atoms with Crippen LogP contribution in [0.25, 0.3) is 0 Å². The van der Waals surface area contributed by atoms with Gasteiger partial charge in [-0.1, -0.05) is 0 Å². The molecule has 2 rings (SSSR count). The van der Waals surface area contributed by atoms with Crippen molar-refractivity contribution in [2.45, 2.75) is 19.1 Å². The zero-order valence-electron chi connectivity index (χ0n) is 7.45. The number of ether oxygens (including phenoxy) is 1. The van der Waals surface area contributed by atoms with Crippen molar-refractivity contribution in [1.82, 2.24) is 5.32 Å². The van der Waals surface area contributed by atoms with E-state index in [2.05, 4.69) is 10.3 Å². The van der Waals surface area contributed by atoms with E-state index >= 15 is 0 Å². The number of aliphatic imine (C=N–C) groups is 1. The molecule has 5 heteroatoms. The zero-order valence-corrected chi connectivity index (χ0v) is 8.26. The van der Waals surface area contributed by atoms with Gasteiger partial charge in [0, 0.05) is 11.5 Å². The molecule has 0 aromatic heterocycles. The van der Waals surface area contributed by atoms with Gasteiger partial charge in [0.25, 0.3) is 0 Å². The number of carbonyl (C=O) groups excluding carboxylic acids is 1. The molecule has 2 atom stereocenters. The Bertz CT molecular complexity index is 249. The van der Waals surface area contributed by atoms with Crippen LogP contribution in [0, 0.1) is 0 Å². The lowest BCUT2D eigenvalue weighted by Crippen LogP contribution is -2.40. The quantitative estimate of drug-likeness (QED) is 0.650. The van der Waals surface area contributed by atoms with E-state index in [9.17, 15) is 4.79 Å². The summed E-state index contributed by atoms with van der Waals surface area (Å²) in [6.07, 6.45) is -0.00681. The highest BCUT2D eigenvalue weighted by Crippen LogP contribution is 2.15. The van der Waals surface area contributed by atoms with Gasteiger partial charge < -0.3 is 10.1 Å². The summed E-state index contributed by atoms with van der Waals surface area (Å²) in [6.45, 7) is 2.54. The second-order valence-corrected chi connectivity index (χ2v) is 4.26. The summed E-state index contributed by atoms with van der Waals surface area (Å²) in [4.78, 5) is 15.3. The predicted molar refractivity (Wildman–Crippen MR) is 52.1 cm³/mol. The summed E-state index contributed by atoms with van der Waals surface area (Å²) in [6, 6.07) is -0.245. The smallest absolute Gasteiger partial charge is 0.249 e. The Morgan fingerprint density at radius 3 is 3.08 bits per heavy atom. The summed E-state index contributed by atoms with van der Waals surface area (Å²) in [5.41, 5.74) is 0. The molecule has 2 aliphatic heterocycles. The van der Waals surface area contributed by atoms with Crippen molar-refractivity contribution in [2.75, 3.05) is 18.1 Å². The molecule has 0 bridgehead atoms. The van der Waals surface area contributed by atoms with E-state index in [4.69, 9.17) is 4.74 Å². The SMILES string of the molecule is CC1N=C(C2CSCCO2)NC1=O. The largest absolute Gasteiger partial charge is 0.369 e. The number of nitrogens with zero attached hydrogens (tertiary/aromatic N) is 1. The molecule has 0 saturated carbocycles. The molecule has 0 spiro atoms. The lowest BCUT2D eigenvalue weighted by molar-refractivity contribution is -0.119. The number of thioether (sulfide) groups is 1. The van der Waals surface area contributed by atoms with Crippen LogP contribution in [0.4, 0.5) is 0 Å². The Morgan fingerprint density at radius 2 is 2.54 bits per heavy atom. The first-order chi connectivity index (χ1) is 6.27. The van der Waals surface area contributed by atoms with Gasteiger partial charge in [0.05, 0.1) is 6.61 Å². The van der Waals surface area contributed by atoms with Crippen molar-refractivity contribution in [1.29, 1.82) is 0 Å². The molecule has 2 heterocycles. The lowest BCUT2D eigenvalue weighted by Gasteiger charge is -2.21. The average molecular weight is 200 g/mol. The number of amidine groups is 1. The minimum atomic E-state index is -0.245. The van der Waals surface area contributed by atoms with E-state index in [1.54, 1.807) is 6.92 Å². The number of hydrogen-bond acceptors (Lipinski definition) is 4. The van der Waals surface area contributed by atoms with Gasteiger partial charge in [-0.25, -0.2) is 0 Å². The van der Waals surface area contributed by atoms with Gasteiger partial charge in [-0.15, -0.1) is 0 Å². The molecule has 72 valence electrons. The van der Waals surface area contributed by atoms with E-state index in [0.29, 0.717) is 5.84 Å². The lowest BCUT2D eigenvalue weighted by atomic mass is 10.3. The number of carbonyl (C=O) groups is 1. The van der Waals surface area contributed by atoms with Crippen molar-refractivity contribution < 1.29 is 9.53 Å². The fraction of sp³-hybridized carbons (Fsp3) is 0.750. The highest BCUT2D eigenvalue weighted by atomic mass is 32.2. The van der Waals surface area contributed by atoms with Crippen molar-refractivity contribution in [3.8, 4) is 0 Å². The summed E-state index contributed by atoms with van der Waals surface area (Å²) >= 11 is 1.84. The molecule has 4 nitrogen and oxygen atoms in total. The minimum Gasteiger partial charge on any atom is -0.369 e. The minimum absolute atomic E-state index is 0.00681. The van der Waals surface area contributed by atoms with Crippen molar-refractivity contribution in [3.63, 3.8) is 0 Å². The Morgan fingerprint density at radius 1 is 1.69 bits per heavy atom. The fourth-order valence-corrected chi connectivity index (χ4v) is 2.19. The molecule has 13 heavy (non-hydrogen) atoms. The molecule has 1 N–H and O–H groups in total.